The number of aliphatic hydroxyl groups is 1. The topological polar surface area (TPSA) is 84.6 Å². The summed E-state index contributed by atoms with van der Waals surface area (Å²) in [4.78, 5) is 11.8. The van der Waals surface area contributed by atoms with Gasteiger partial charge in [-0.2, -0.15) is 0 Å². The van der Waals surface area contributed by atoms with Gasteiger partial charge in [0, 0.05) is 13.7 Å². The lowest BCUT2D eigenvalue weighted by molar-refractivity contribution is -0.124. The predicted molar refractivity (Wildman–Crippen MR) is 68.9 cm³/mol. The third-order valence-electron chi connectivity index (χ3n) is 2.73. The van der Waals surface area contributed by atoms with Crippen LogP contribution in [0.15, 0.2) is 30.3 Å². The monoisotopic (exact) mass is 252 g/mol. The van der Waals surface area contributed by atoms with Crippen molar-refractivity contribution >= 4 is 5.91 Å². The standard InChI is InChI=1S/C13H20N2O3/c1-18-11(8-14)7-13(17)15-12(9-16)10-5-3-2-4-6-10/h2-6,11-12,16H,7-9,14H2,1H3,(H,15,17)/t11?,12-/m1/s1. The summed E-state index contributed by atoms with van der Waals surface area (Å²) >= 11 is 0. The molecule has 1 aromatic rings. The molecule has 0 saturated heterocycles. The molecule has 1 amide bonds. The Hall–Kier alpha value is -1.43. The number of methoxy groups -OCH3 is 1. The summed E-state index contributed by atoms with van der Waals surface area (Å²) in [7, 11) is 1.52. The van der Waals surface area contributed by atoms with E-state index in [0.29, 0.717) is 6.54 Å². The Morgan fingerprint density at radius 2 is 2.11 bits per heavy atom. The highest BCUT2D eigenvalue weighted by Gasteiger charge is 2.16. The highest BCUT2D eigenvalue weighted by Crippen LogP contribution is 2.12. The first-order valence-corrected chi connectivity index (χ1v) is 5.89. The van der Waals surface area contributed by atoms with E-state index in [2.05, 4.69) is 5.32 Å². The van der Waals surface area contributed by atoms with Gasteiger partial charge in [-0.25, -0.2) is 0 Å². The molecular weight excluding hydrogens is 232 g/mol. The van der Waals surface area contributed by atoms with Gasteiger partial charge in [0.2, 0.25) is 5.91 Å². The fourth-order valence-corrected chi connectivity index (χ4v) is 1.64. The van der Waals surface area contributed by atoms with Crippen LogP contribution in [0.5, 0.6) is 0 Å². The molecule has 0 aromatic heterocycles. The molecule has 18 heavy (non-hydrogen) atoms. The maximum absolute atomic E-state index is 11.8. The molecular formula is C13H20N2O3. The summed E-state index contributed by atoms with van der Waals surface area (Å²) in [6.45, 7) is 0.148. The predicted octanol–water partition coefficient (Wildman–Crippen LogP) is 0.200. The second kappa shape index (κ2) is 7.81. The maximum Gasteiger partial charge on any atom is 0.223 e. The van der Waals surface area contributed by atoms with Crippen LogP contribution >= 0.6 is 0 Å². The molecule has 1 rings (SSSR count). The minimum atomic E-state index is -0.394. The molecule has 1 unspecified atom stereocenters. The molecule has 100 valence electrons. The molecule has 1 aromatic carbocycles. The zero-order chi connectivity index (χ0) is 13.4. The molecule has 0 aliphatic rings. The number of hydrogen-bond acceptors (Lipinski definition) is 4. The van der Waals surface area contributed by atoms with Gasteiger partial charge in [0.15, 0.2) is 0 Å². The number of nitrogens with one attached hydrogen (secondary N) is 1. The third-order valence-corrected chi connectivity index (χ3v) is 2.73. The first-order valence-electron chi connectivity index (χ1n) is 5.89. The van der Waals surface area contributed by atoms with Crippen LogP contribution in [-0.2, 0) is 9.53 Å². The van der Waals surface area contributed by atoms with E-state index in [-0.39, 0.29) is 25.0 Å². The molecule has 5 nitrogen and oxygen atoms in total. The van der Waals surface area contributed by atoms with Crippen molar-refractivity contribution in [2.75, 3.05) is 20.3 Å². The van der Waals surface area contributed by atoms with E-state index in [4.69, 9.17) is 10.5 Å². The molecule has 0 bridgehead atoms. The highest BCUT2D eigenvalue weighted by atomic mass is 16.5. The lowest BCUT2D eigenvalue weighted by Crippen LogP contribution is -2.35. The third kappa shape index (κ3) is 4.44. The van der Waals surface area contributed by atoms with Crippen LogP contribution < -0.4 is 11.1 Å². The Balaban J connectivity index is 2.56. The van der Waals surface area contributed by atoms with Crippen LogP contribution in [0.2, 0.25) is 0 Å². The van der Waals surface area contributed by atoms with Crippen LogP contribution in [0.25, 0.3) is 0 Å². The van der Waals surface area contributed by atoms with E-state index in [0.717, 1.165) is 5.56 Å². The second-order valence-corrected chi connectivity index (χ2v) is 4.01. The van der Waals surface area contributed by atoms with Gasteiger partial charge in [-0.15, -0.1) is 0 Å². The number of hydrogen-bond donors (Lipinski definition) is 3. The largest absolute Gasteiger partial charge is 0.394 e. The molecule has 0 spiro atoms. The summed E-state index contributed by atoms with van der Waals surface area (Å²) in [5.74, 6) is -0.185. The number of aliphatic hydroxyl groups excluding tert-OH is 1. The summed E-state index contributed by atoms with van der Waals surface area (Å²) in [5, 5.41) is 12.1. The molecule has 2 atom stereocenters. The summed E-state index contributed by atoms with van der Waals surface area (Å²) in [6, 6.07) is 8.93. The average molecular weight is 252 g/mol. The van der Waals surface area contributed by atoms with Gasteiger partial charge in [0.05, 0.1) is 25.2 Å². The molecule has 0 saturated carbocycles. The normalized spacial score (nSPS) is 13.9. The van der Waals surface area contributed by atoms with Crippen molar-refractivity contribution in [2.45, 2.75) is 18.6 Å². The first kappa shape index (κ1) is 14.6. The highest BCUT2D eigenvalue weighted by molar-refractivity contribution is 5.77. The summed E-state index contributed by atoms with van der Waals surface area (Å²) < 4.78 is 5.04. The molecule has 0 fully saturated rings. The lowest BCUT2D eigenvalue weighted by Gasteiger charge is -2.18. The lowest BCUT2D eigenvalue weighted by atomic mass is 10.1. The van der Waals surface area contributed by atoms with Gasteiger partial charge >= 0.3 is 0 Å². The van der Waals surface area contributed by atoms with E-state index in [1.165, 1.54) is 7.11 Å². The van der Waals surface area contributed by atoms with Crippen molar-refractivity contribution in [3.63, 3.8) is 0 Å². The molecule has 0 radical (unpaired) electrons. The smallest absolute Gasteiger partial charge is 0.223 e. The first-order chi connectivity index (χ1) is 8.71. The van der Waals surface area contributed by atoms with E-state index >= 15 is 0 Å². The van der Waals surface area contributed by atoms with E-state index in [1.54, 1.807) is 0 Å². The fraction of sp³-hybridized carbons (Fsp3) is 0.462. The number of nitrogens with two attached hydrogens (primary N) is 1. The Morgan fingerprint density at radius 3 is 2.61 bits per heavy atom. The van der Waals surface area contributed by atoms with E-state index in [1.807, 2.05) is 30.3 Å². The molecule has 0 aliphatic carbocycles. The van der Waals surface area contributed by atoms with Gasteiger partial charge in [-0.3, -0.25) is 4.79 Å². The van der Waals surface area contributed by atoms with Gasteiger partial charge in [0.25, 0.3) is 0 Å². The van der Waals surface area contributed by atoms with Crippen LogP contribution in [0, 0.1) is 0 Å². The van der Waals surface area contributed by atoms with Crippen LogP contribution in [-0.4, -0.2) is 37.4 Å². The second-order valence-electron chi connectivity index (χ2n) is 4.01. The van der Waals surface area contributed by atoms with Crippen LogP contribution in [0.4, 0.5) is 0 Å². The number of ether oxygens (including phenoxy) is 1. The quantitative estimate of drug-likeness (QED) is 0.647. The number of carbonyl (C=O) groups excluding carboxylic acids is 1. The van der Waals surface area contributed by atoms with Gasteiger partial charge in [0.1, 0.15) is 0 Å². The summed E-state index contributed by atoms with van der Waals surface area (Å²) in [6.07, 6.45) is -0.101. The van der Waals surface area contributed by atoms with Gasteiger partial charge in [-0.1, -0.05) is 30.3 Å². The Bertz CT molecular complexity index is 353. The number of rotatable bonds is 7. The van der Waals surface area contributed by atoms with Gasteiger partial charge < -0.3 is 20.9 Å². The number of carbonyl (C=O) groups is 1. The SMILES string of the molecule is COC(CN)CC(=O)N[C@H](CO)c1ccccc1. The number of benzene rings is 1. The zero-order valence-corrected chi connectivity index (χ0v) is 10.5. The Morgan fingerprint density at radius 1 is 1.44 bits per heavy atom. The van der Waals surface area contributed by atoms with Crippen molar-refractivity contribution in [2.24, 2.45) is 5.73 Å². The molecule has 0 heterocycles. The van der Waals surface area contributed by atoms with Crippen molar-refractivity contribution in [1.82, 2.24) is 5.32 Å². The van der Waals surface area contributed by atoms with E-state index in [9.17, 15) is 9.90 Å². The molecule has 5 heteroatoms. The summed E-state index contributed by atoms with van der Waals surface area (Å²) in [5.41, 5.74) is 6.32. The minimum Gasteiger partial charge on any atom is -0.394 e. The van der Waals surface area contributed by atoms with Crippen LogP contribution in [0.3, 0.4) is 0 Å². The van der Waals surface area contributed by atoms with Crippen molar-refractivity contribution in [3.8, 4) is 0 Å². The molecule has 4 N–H and O–H groups in total. The number of amides is 1. The average Bonchev–Trinajstić information content (AvgIpc) is 2.43. The van der Waals surface area contributed by atoms with E-state index < -0.39 is 6.04 Å². The van der Waals surface area contributed by atoms with Crippen molar-refractivity contribution < 1.29 is 14.6 Å². The molecule has 0 aliphatic heterocycles. The maximum atomic E-state index is 11.8. The Kier molecular flexibility index (Phi) is 6.35. The Labute approximate surface area is 107 Å². The zero-order valence-electron chi connectivity index (χ0n) is 10.5. The van der Waals surface area contributed by atoms with Crippen molar-refractivity contribution in [3.05, 3.63) is 35.9 Å². The van der Waals surface area contributed by atoms with Crippen molar-refractivity contribution in [1.29, 1.82) is 0 Å². The fourth-order valence-electron chi connectivity index (χ4n) is 1.64. The van der Waals surface area contributed by atoms with Crippen LogP contribution in [0.1, 0.15) is 18.0 Å². The van der Waals surface area contributed by atoms with Gasteiger partial charge in [-0.05, 0) is 5.56 Å². The minimum absolute atomic E-state index is 0.143.